The first-order valence-electron chi connectivity index (χ1n) is 6.29. The zero-order valence-electron chi connectivity index (χ0n) is 11.1. The van der Waals surface area contributed by atoms with Gasteiger partial charge in [0.25, 0.3) is 11.8 Å². The van der Waals surface area contributed by atoms with Gasteiger partial charge >= 0.3 is 5.97 Å². The minimum atomic E-state index is -1.29. The van der Waals surface area contributed by atoms with Gasteiger partial charge in [-0.25, -0.2) is 9.18 Å². The number of imide groups is 1. The van der Waals surface area contributed by atoms with Crippen LogP contribution in [0, 0.1) is 11.7 Å². The maximum atomic E-state index is 13.7. The highest BCUT2D eigenvalue weighted by molar-refractivity contribution is 6.22. The molecule has 2 rings (SSSR count). The fraction of sp³-hybridized carbons (Fsp3) is 0.357. The van der Waals surface area contributed by atoms with E-state index in [-0.39, 0.29) is 11.1 Å². The molecule has 1 aliphatic heterocycles. The van der Waals surface area contributed by atoms with E-state index in [0.29, 0.717) is 11.3 Å². The molecule has 1 aromatic rings. The van der Waals surface area contributed by atoms with E-state index in [2.05, 4.69) is 0 Å². The number of halogens is 1. The SMILES string of the molecule is CCC(C)[C@@H](C(=O)O)N1C(=O)c2cccc(F)c2C1=O. The monoisotopic (exact) mass is 279 g/mol. The van der Waals surface area contributed by atoms with E-state index in [4.69, 9.17) is 0 Å². The second-order valence-electron chi connectivity index (χ2n) is 4.81. The van der Waals surface area contributed by atoms with E-state index in [1.165, 1.54) is 12.1 Å². The molecule has 1 aliphatic rings. The average Bonchev–Trinajstić information content (AvgIpc) is 2.65. The number of carboxylic acid groups (broad SMARTS) is 1. The predicted molar refractivity (Wildman–Crippen MR) is 67.8 cm³/mol. The van der Waals surface area contributed by atoms with Crippen molar-refractivity contribution >= 4 is 17.8 Å². The quantitative estimate of drug-likeness (QED) is 0.854. The topological polar surface area (TPSA) is 74.7 Å². The van der Waals surface area contributed by atoms with Crippen molar-refractivity contribution in [3.05, 3.63) is 35.1 Å². The summed E-state index contributed by atoms with van der Waals surface area (Å²) in [6.45, 7) is 3.40. The van der Waals surface area contributed by atoms with Crippen molar-refractivity contribution < 1.29 is 23.9 Å². The highest BCUT2D eigenvalue weighted by Gasteiger charge is 2.45. The van der Waals surface area contributed by atoms with Crippen LogP contribution in [0.4, 0.5) is 4.39 Å². The minimum absolute atomic E-state index is 0.0791. The van der Waals surface area contributed by atoms with Gasteiger partial charge in [-0.1, -0.05) is 26.3 Å². The Morgan fingerprint density at radius 3 is 2.50 bits per heavy atom. The smallest absolute Gasteiger partial charge is 0.327 e. The fourth-order valence-electron chi connectivity index (χ4n) is 2.35. The second kappa shape index (κ2) is 5.03. The number of rotatable bonds is 4. The van der Waals surface area contributed by atoms with Crippen LogP contribution in [0.25, 0.3) is 0 Å². The zero-order chi connectivity index (χ0) is 15.0. The Kier molecular flexibility index (Phi) is 3.57. The van der Waals surface area contributed by atoms with Gasteiger partial charge in [-0.2, -0.15) is 0 Å². The van der Waals surface area contributed by atoms with Crippen LogP contribution in [0.2, 0.25) is 0 Å². The molecule has 20 heavy (non-hydrogen) atoms. The van der Waals surface area contributed by atoms with E-state index in [0.717, 1.165) is 6.07 Å². The van der Waals surface area contributed by atoms with Crippen LogP contribution >= 0.6 is 0 Å². The number of aliphatic carboxylic acids is 1. The van der Waals surface area contributed by atoms with Crippen molar-refractivity contribution in [2.24, 2.45) is 5.92 Å². The van der Waals surface area contributed by atoms with Crippen molar-refractivity contribution in [3.63, 3.8) is 0 Å². The van der Waals surface area contributed by atoms with E-state index >= 15 is 0 Å². The first kappa shape index (κ1) is 14.2. The second-order valence-corrected chi connectivity index (χ2v) is 4.81. The van der Waals surface area contributed by atoms with Crippen molar-refractivity contribution in [3.8, 4) is 0 Å². The molecule has 0 saturated carbocycles. The molecule has 0 saturated heterocycles. The minimum Gasteiger partial charge on any atom is -0.480 e. The third-order valence-electron chi connectivity index (χ3n) is 3.61. The van der Waals surface area contributed by atoms with Crippen LogP contribution in [0.3, 0.4) is 0 Å². The first-order chi connectivity index (χ1) is 9.40. The van der Waals surface area contributed by atoms with Gasteiger partial charge in [0.1, 0.15) is 11.9 Å². The Hall–Kier alpha value is -2.24. The third-order valence-corrected chi connectivity index (χ3v) is 3.61. The molecule has 1 N–H and O–H groups in total. The zero-order valence-corrected chi connectivity index (χ0v) is 11.1. The molecule has 2 atom stereocenters. The molecule has 1 unspecified atom stereocenters. The molecule has 0 aliphatic carbocycles. The first-order valence-corrected chi connectivity index (χ1v) is 6.29. The summed E-state index contributed by atoms with van der Waals surface area (Å²) in [5.74, 6) is -4.13. The normalized spacial score (nSPS) is 17.1. The standard InChI is InChI=1S/C14H14FNO4/c1-3-7(2)11(14(19)20)16-12(17)8-5-4-6-9(15)10(8)13(16)18/h4-7,11H,3H2,1-2H3,(H,19,20)/t7?,11-/m0/s1. The maximum Gasteiger partial charge on any atom is 0.327 e. The lowest BCUT2D eigenvalue weighted by Gasteiger charge is -2.27. The Labute approximate surface area is 115 Å². The molecule has 6 heteroatoms. The van der Waals surface area contributed by atoms with Crippen molar-refractivity contribution in [2.45, 2.75) is 26.3 Å². The summed E-state index contributed by atoms with van der Waals surface area (Å²) in [5, 5.41) is 9.28. The number of fused-ring (bicyclic) bond motifs is 1. The number of amides is 2. The van der Waals surface area contributed by atoms with Crippen LogP contribution in [0.5, 0.6) is 0 Å². The van der Waals surface area contributed by atoms with Crippen LogP contribution < -0.4 is 0 Å². The number of benzene rings is 1. The molecule has 2 amide bonds. The van der Waals surface area contributed by atoms with Gasteiger partial charge < -0.3 is 5.11 Å². The highest BCUT2D eigenvalue weighted by atomic mass is 19.1. The Morgan fingerprint density at radius 1 is 1.35 bits per heavy atom. The number of hydrogen-bond donors (Lipinski definition) is 1. The summed E-state index contributed by atoms with van der Waals surface area (Å²) in [4.78, 5) is 36.4. The lowest BCUT2D eigenvalue weighted by atomic mass is 9.98. The number of carbonyl (C=O) groups excluding carboxylic acids is 2. The van der Waals surface area contributed by atoms with Gasteiger partial charge in [0, 0.05) is 0 Å². The predicted octanol–water partition coefficient (Wildman–Crippen LogP) is 1.92. The van der Waals surface area contributed by atoms with Gasteiger partial charge in [0.2, 0.25) is 0 Å². The fourth-order valence-corrected chi connectivity index (χ4v) is 2.35. The van der Waals surface area contributed by atoms with Gasteiger partial charge in [-0.05, 0) is 18.1 Å². The Balaban J connectivity index is 2.51. The molecule has 0 spiro atoms. The highest BCUT2D eigenvalue weighted by Crippen LogP contribution is 2.29. The van der Waals surface area contributed by atoms with Crippen LogP contribution in [-0.4, -0.2) is 33.8 Å². The summed E-state index contributed by atoms with van der Waals surface area (Å²) in [5.41, 5.74) is -0.420. The Morgan fingerprint density at radius 2 is 2.00 bits per heavy atom. The third kappa shape index (κ3) is 1.97. The molecule has 0 fully saturated rings. The van der Waals surface area contributed by atoms with Crippen LogP contribution in [0.15, 0.2) is 18.2 Å². The molecule has 0 bridgehead atoms. The van der Waals surface area contributed by atoms with Gasteiger partial charge in [0.15, 0.2) is 0 Å². The van der Waals surface area contributed by atoms with E-state index < -0.39 is 35.6 Å². The number of carbonyl (C=O) groups is 3. The van der Waals surface area contributed by atoms with E-state index in [1.807, 2.05) is 0 Å². The lowest BCUT2D eigenvalue weighted by Crippen LogP contribution is -2.48. The molecule has 5 nitrogen and oxygen atoms in total. The maximum absolute atomic E-state index is 13.7. The lowest BCUT2D eigenvalue weighted by molar-refractivity contribution is -0.143. The molecule has 0 radical (unpaired) electrons. The van der Waals surface area contributed by atoms with Crippen molar-refractivity contribution in [1.29, 1.82) is 0 Å². The van der Waals surface area contributed by atoms with E-state index in [1.54, 1.807) is 13.8 Å². The molecule has 1 heterocycles. The summed E-state index contributed by atoms with van der Waals surface area (Å²) in [6.07, 6.45) is 0.479. The summed E-state index contributed by atoms with van der Waals surface area (Å²) < 4.78 is 13.7. The van der Waals surface area contributed by atoms with Crippen molar-refractivity contribution in [2.75, 3.05) is 0 Å². The van der Waals surface area contributed by atoms with Crippen LogP contribution in [0.1, 0.15) is 41.0 Å². The largest absolute Gasteiger partial charge is 0.480 e. The van der Waals surface area contributed by atoms with Gasteiger partial charge in [-0.15, -0.1) is 0 Å². The van der Waals surface area contributed by atoms with Gasteiger partial charge in [-0.3, -0.25) is 14.5 Å². The molecular formula is C14H14FNO4. The summed E-state index contributed by atoms with van der Waals surface area (Å²) >= 11 is 0. The van der Waals surface area contributed by atoms with Crippen LogP contribution in [-0.2, 0) is 4.79 Å². The van der Waals surface area contributed by atoms with Gasteiger partial charge in [0.05, 0.1) is 11.1 Å². The molecular weight excluding hydrogens is 265 g/mol. The Bertz CT molecular complexity index is 599. The summed E-state index contributed by atoms with van der Waals surface area (Å²) in [7, 11) is 0. The molecule has 106 valence electrons. The van der Waals surface area contributed by atoms with E-state index in [9.17, 15) is 23.9 Å². The van der Waals surface area contributed by atoms with Crippen molar-refractivity contribution in [1.82, 2.24) is 4.90 Å². The number of nitrogens with zero attached hydrogens (tertiary/aromatic N) is 1. The summed E-state index contributed by atoms with van der Waals surface area (Å²) in [6, 6.07) is 2.44. The molecule has 1 aromatic carbocycles. The average molecular weight is 279 g/mol. The molecule has 0 aromatic heterocycles. The number of carboxylic acids is 1. The number of hydrogen-bond acceptors (Lipinski definition) is 3.